The molecule has 8 heteroatoms. The van der Waals surface area contributed by atoms with E-state index in [9.17, 15) is 10.2 Å². The number of rotatable bonds is 4. The summed E-state index contributed by atoms with van der Waals surface area (Å²) in [6, 6.07) is 32.5. The fourth-order valence-electron chi connectivity index (χ4n) is 7.38. The zero-order valence-electron chi connectivity index (χ0n) is 25.0. The van der Waals surface area contributed by atoms with Gasteiger partial charge in [0, 0.05) is 74.6 Å². The first-order valence-electron chi connectivity index (χ1n) is 15.6. The Morgan fingerprint density at radius 1 is 0.455 bits per heavy atom. The van der Waals surface area contributed by atoms with Gasteiger partial charge in [0.2, 0.25) is 0 Å². The van der Waals surface area contributed by atoms with Gasteiger partial charge < -0.3 is 10.2 Å². The van der Waals surface area contributed by atoms with Crippen molar-refractivity contribution in [2.75, 3.05) is 52.4 Å². The van der Waals surface area contributed by atoms with E-state index in [-0.39, 0.29) is 12.3 Å². The van der Waals surface area contributed by atoms with Crippen molar-refractivity contribution in [2.24, 2.45) is 0 Å². The quantitative estimate of drug-likeness (QED) is 0.286. The summed E-state index contributed by atoms with van der Waals surface area (Å²) in [7, 11) is 0. The van der Waals surface area contributed by atoms with E-state index in [0.29, 0.717) is 11.5 Å². The molecule has 4 aliphatic heterocycles. The van der Waals surface area contributed by atoms with E-state index in [1.54, 1.807) is 0 Å². The van der Waals surface area contributed by atoms with Gasteiger partial charge in [0.15, 0.2) is 0 Å². The number of para-hydroxylation sites is 2. The molecule has 4 atom stereocenters. The average molecular weight is 628 g/mol. The van der Waals surface area contributed by atoms with Gasteiger partial charge in [-0.1, -0.05) is 97.1 Å². The Bertz CT molecular complexity index is 1390. The first-order valence-corrected chi connectivity index (χ1v) is 16.1. The molecule has 0 aromatic heterocycles. The van der Waals surface area contributed by atoms with Crippen LogP contribution in [0.1, 0.15) is 36.3 Å². The topological polar surface area (TPSA) is 70.5 Å². The number of nitrogens with zero attached hydrogens (tertiary/aromatic N) is 4. The summed E-state index contributed by atoms with van der Waals surface area (Å²) in [6.45, 7) is 8.98. The number of benzene rings is 4. The van der Waals surface area contributed by atoms with Crippen molar-refractivity contribution in [2.45, 2.75) is 25.2 Å². The Labute approximate surface area is 269 Å². The van der Waals surface area contributed by atoms with Crippen molar-refractivity contribution in [3.05, 3.63) is 108 Å². The Balaban J connectivity index is 0.000000148. The summed E-state index contributed by atoms with van der Waals surface area (Å²) in [4.78, 5) is 9.92. The molecule has 4 aromatic carbocycles. The fraction of sp³-hybridized carbons (Fsp3) is 0.333. The van der Waals surface area contributed by atoms with Crippen LogP contribution in [0.2, 0.25) is 0 Å². The second-order valence-corrected chi connectivity index (χ2v) is 11.8. The van der Waals surface area contributed by atoms with E-state index in [1.165, 1.54) is 12.8 Å². The molecule has 8 rings (SSSR count). The predicted octanol–water partition coefficient (Wildman–Crippen LogP) is 6.04. The van der Waals surface area contributed by atoms with Gasteiger partial charge in [-0.3, -0.25) is 19.6 Å². The molecule has 4 aliphatic rings. The SMILES string of the molecule is Oc1c(-c2ccccc2)cccc1C1N2CCCN1CC2.Oc1c(-c2ccccc2)cccc1C1N2CCCN1CC2.[O]=[V+2]. The number of hydrogen-bond donors (Lipinski definition) is 2. The molecule has 0 aliphatic carbocycles. The van der Waals surface area contributed by atoms with Crippen molar-refractivity contribution in [1.29, 1.82) is 0 Å². The van der Waals surface area contributed by atoms with Gasteiger partial charge in [-0.2, -0.15) is 0 Å². The summed E-state index contributed by atoms with van der Waals surface area (Å²) >= 11 is 1.06. The van der Waals surface area contributed by atoms with Gasteiger partial charge in [-0.05, 0) is 24.0 Å². The monoisotopic (exact) mass is 627 g/mol. The maximum absolute atomic E-state index is 10.8. The van der Waals surface area contributed by atoms with Crippen LogP contribution in [0.5, 0.6) is 11.5 Å². The molecule has 0 amide bonds. The second-order valence-electron chi connectivity index (χ2n) is 11.8. The Morgan fingerprint density at radius 2 is 0.795 bits per heavy atom. The third-order valence-corrected chi connectivity index (χ3v) is 9.37. The molecule has 4 heterocycles. The van der Waals surface area contributed by atoms with Crippen molar-refractivity contribution in [3.63, 3.8) is 0 Å². The van der Waals surface area contributed by atoms with Gasteiger partial charge in [0.1, 0.15) is 11.5 Å². The molecule has 0 spiro atoms. The van der Waals surface area contributed by atoms with Crippen LogP contribution in [0, 0.1) is 0 Å². The molecule has 2 N–H and O–H groups in total. The summed E-state index contributed by atoms with van der Waals surface area (Å²) < 4.78 is 8.19. The van der Waals surface area contributed by atoms with E-state index in [2.05, 4.69) is 68.1 Å². The number of fused-ring (bicyclic) bond motifs is 4. The zero-order valence-corrected chi connectivity index (χ0v) is 26.4. The van der Waals surface area contributed by atoms with E-state index >= 15 is 0 Å². The molecular formula is C36H40N4O3V+2. The van der Waals surface area contributed by atoms with E-state index in [0.717, 1.165) is 103 Å². The van der Waals surface area contributed by atoms with Crippen LogP contribution in [0.3, 0.4) is 0 Å². The molecule has 4 fully saturated rings. The van der Waals surface area contributed by atoms with Gasteiger partial charge in [-0.15, -0.1) is 0 Å². The molecule has 0 radical (unpaired) electrons. The molecular weight excluding hydrogens is 587 g/mol. The summed E-state index contributed by atoms with van der Waals surface area (Å²) in [5.41, 5.74) is 6.11. The Kier molecular flexibility index (Phi) is 9.92. The third-order valence-electron chi connectivity index (χ3n) is 9.37. The first kappa shape index (κ1) is 30.7. The van der Waals surface area contributed by atoms with Crippen molar-refractivity contribution >= 4 is 0 Å². The van der Waals surface area contributed by atoms with Gasteiger partial charge in [0.25, 0.3) is 0 Å². The second kappa shape index (κ2) is 14.2. The van der Waals surface area contributed by atoms with Gasteiger partial charge in [0.05, 0.1) is 12.3 Å². The van der Waals surface area contributed by atoms with Crippen LogP contribution in [-0.4, -0.2) is 82.2 Å². The fourth-order valence-corrected chi connectivity index (χ4v) is 7.38. The zero-order chi connectivity index (χ0) is 30.5. The minimum atomic E-state index is 0.252. The third kappa shape index (κ3) is 6.13. The van der Waals surface area contributed by atoms with Crippen LogP contribution >= 0.6 is 0 Å². The van der Waals surface area contributed by atoms with Crippen molar-refractivity contribution < 1.29 is 31.3 Å². The van der Waals surface area contributed by atoms with Crippen LogP contribution in [0.25, 0.3) is 22.3 Å². The van der Waals surface area contributed by atoms with E-state index < -0.39 is 0 Å². The van der Waals surface area contributed by atoms with Crippen molar-refractivity contribution in [1.82, 2.24) is 19.6 Å². The Hall–Kier alpha value is -3.30. The molecule has 7 nitrogen and oxygen atoms in total. The van der Waals surface area contributed by atoms with E-state index in [4.69, 9.17) is 3.67 Å². The van der Waals surface area contributed by atoms with Crippen LogP contribution < -0.4 is 0 Å². The normalized spacial score (nSPS) is 26.6. The number of phenolic OH excluding ortho intramolecular Hbond substituents is 2. The standard InChI is InChI=1S/2C18H20N2O.O.V/c2*21-17-15(14-6-2-1-3-7-14)8-4-9-16(17)18-19-10-5-11-20(18)13-12-19;;/h2*1-4,6-9,18,21H,5,10-13H2;;/q;;;+2. The molecule has 225 valence electrons. The first-order chi connectivity index (χ1) is 21.7. The number of phenols is 2. The molecule has 4 unspecified atom stereocenters. The summed E-state index contributed by atoms with van der Waals surface area (Å²) in [6.07, 6.45) is 2.97. The van der Waals surface area contributed by atoms with Crippen LogP contribution in [0.4, 0.5) is 0 Å². The van der Waals surface area contributed by atoms with Crippen LogP contribution in [0.15, 0.2) is 97.1 Å². The van der Waals surface area contributed by atoms with E-state index in [1.807, 2.05) is 48.5 Å². The molecule has 4 aromatic rings. The number of aromatic hydroxyl groups is 2. The van der Waals surface area contributed by atoms with Gasteiger partial charge >= 0.3 is 21.0 Å². The molecule has 4 bridgehead atoms. The Morgan fingerprint density at radius 3 is 1.14 bits per heavy atom. The summed E-state index contributed by atoms with van der Waals surface area (Å²) in [5.74, 6) is 0.875. The van der Waals surface area contributed by atoms with Crippen LogP contribution in [-0.2, 0) is 21.0 Å². The maximum atomic E-state index is 10.8. The predicted molar refractivity (Wildman–Crippen MR) is 169 cm³/mol. The van der Waals surface area contributed by atoms with Crippen molar-refractivity contribution in [3.8, 4) is 33.8 Å². The molecule has 4 saturated heterocycles. The summed E-state index contributed by atoms with van der Waals surface area (Å²) in [5, 5.41) is 21.6. The average Bonchev–Trinajstić information content (AvgIpc) is 3.46. The minimum absolute atomic E-state index is 0.252. The molecule has 44 heavy (non-hydrogen) atoms. The number of hydrogen-bond acceptors (Lipinski definition) is 7. The van der Waals surface area contributed by atoms with Gasteiger partial charge in [-0.25, -0.2) is 0 Å². The molecule has 0 saturated carbocycles.